The summed E-state index contributed by atoms with van der Waals surface area (Å²) < 4.78 is 59.3. The summed E-state index contributed by atoms with van der Waals surface area (Å²) in [5, 5.41) is 7.68. The molecule has 3 rings (SSSR count). The molecule has 14 heteroatoms. The number of aromatic nitrogens is 1. The molecule has 0 radical (unpaired) electrons. The zero-order valence-corrected chi connectivity index (χ0v) is 21.0. The average molecular weight is 545 g/mol. The van der Waals surface area contributed by atoms with Gasteiger partial charge < -0.3 is 15.7 Å². The van der Waals surface area contributed by atoms with Crippen LogP contribution in [0, 0.1) is 6.92 Å². The lowest BCUT2D eigenvalue weighted by molar-refractivity contribution is -0.192. The van der Waals surface area contributed by atoms with Crippen molar-refractivity contribution in [3.8, 4) is 11.1 Å². The number of carboxylic acids is 1. The number of nitrogens with one attached hydrogen (secondary N) is 1. The molecule has 0 aliphatic heterocycles. The SMILES string of the molecule is Cc1nc(N(C)C)sc1S(=O)(=O)NC(=O)c1cccc(-c2cccc(CN)c2)c1.O=C(O)C(F)(F)F. The first-order valence-corrected chi connectivity index (χ1v) is 12.4. The predicted octanol–water partition coefficient (Wildman–Crippen LogP) is 3.40. The molecule has 0 fully saturated rings. The number of anilines is 1. The summed E-state index contributed by atoms with van der Waals surface area (Å²) >= 11 is 1.02. The Morgan fingerprint density at radius 1 is 1.11 bits per heavy atom. The summed E-state index contributed by atoms with van der Waals surface area (Å²) in [7, 11) is -0.473. The van der Waals surface area contributed by atoms with Crippen molar-refractivity contribution in [2.75, 3.05) is 19.0 Å². The Balaban J connectivity index is 0.000000572. The highest BCUT2D eigenvalue weighted by atomic mass is 32.2. The van der Waals surface area contributed by atoms with Crippen LogP contribution in [0.2, 0.25) is 0 Å². The number of halogens is 3. The summed E-state index contributed by atoms with van der Waals surface area (Å²) in [6.07, 6.45) is -5.08. The molecule has 2 aromatic carbocycles. The maximum atomic E-state index is 12.7. The second-order valence-corrected chi connectivity index (χ2v) is 10.3. The number of rotatable bonds is 6. The summed E-state index contributed by atoms with van der Waals surface area (Å²) in [4.78, 5) is 27.5. The number of aryl methyl sites for hydroxylation is 1. The molecule has 1 heterocycles. The van der Waals surface area contributed by atoms with Crippen LogP contribution in [0.15, 0.2) is 52.7 Å². The molecule has 0 atom stereocenters. The number of aliphatic carboxylic acids is 1. The van der Waals surface area contributed by atoms with E-state index in [1.54, 1.807) is 44.1 Å². The third kappa shape index (κ3) is 7.50. The monoisotopic (exact) mass is 544 g/mol. The molecule has 36 heavy (non-hydrogen) atoms. The number of carbonyl (C=O) groups excluding carboxylic acids is 1. The van der Waals surface area contributed by atoms with Gasteiger partial charge in [-0.05, 0) is 41.8 Å². The van der Waals surface area contributed by atoms with Gasteiger partial charge in [0.25, 0.3) is 15.9 Å². The smallest absolute Gasteiger partial charge is 0.475 e. The lowest BCUT2D eigenvalue weighted by Crippen LogP contribution is -2.30. The number of sulfonamides is 1. The minimum Gasteiger partial charge on any atom is -0.475 e. The molecule has 9 nitrogen and oxygen atoms in total. The molecule has 0 bridgehead atoms. The molecule has 0 saturated carbocycles. The van der Waals surface area contributed by atoms with Crippen LogP contribution in [0.4, 0.5) is 18.3 Å². The van der Waals surface area contributed by atoms with Crippen LogP contribution >= 0.6 is 11.3 Å². The normalized spacial score (nSPS) is 11.3. The van der Waals surface area contributed by atoms with Gasteiger partial charge in [0.05, 0.1) is 5.69 Å². The van der Waals surface area contributed by atoms with Gasteiger partial charge in [0.2, 0.25) is 0 Å². The fourth-order valence-corrected chi connectivity index (χ4v) is 5.16. The number of thiazole rings is 1. The lowest BCUT2D eigenvalue weighted by Gasteiger charge is -2.09. The van der Waals surface area contributed by atoms with E-state index in [1.807, 2.05) is 30.3 Å². The van der Waals surface area contributed by atoms with Gasteiger partial charge in [-0.25, -0.2) is 22.9 Å². The highest BCUT2D eigenvalue weighted by molar-refractivity contribution is 7.92. The van der Waals surface area contributed by atoms with Crippen molar-refractivity contribution in [1.82, 2.24) is 9.71 Å². The topological polar surface area (TPSA) is 143 Å². The lowest BCUT2D eigenvalue weighted by atomic mass is 10.0. The van der Waals surface area contributed by atoms with Crippen LogP contribution in [-0.2, 0) is 21.4 Å². The predicted molar refractivity (Wildman–Crippen MR) is 129 cm³/mol. The van der Waals surface area contributed by atoms with E-state index in [0.29, 0.717) is 17.4 Å². The van der Waals surface area contributed by atoms with E-state index in [2.05, 4.69) is 9.71 Å². The average Bonchev–Trinajstić information content (AvgIpc) is 3.22. The molecular formula is C22H23F3N4O5S2. The largest absolute Gasteiger partial charge is 0.490 e. The number of carboxylic acid groups (broad SMARTS) is 1. The van der Waals surface area contributed by atoms with Crippen LogP contribution in [-0.4, -0.2) is 50.7 Å². The van der Waals surface area contributed by atoms with Crippen molar-refractivity contribution < 1.29 is 36.3 Å². The van der Waals surface area contributed by atoms with Crippen molar-refractivity contribution in [2.24, 2.45) is 5.73 Å². The highest BCUT2D eigenvalue weighted by Crippen LogP contribution is 2.29. The standard InChI is InChI=1S/C20H22N4O3S2.C2HF3O2/c1-13-19(28-20(22-13)24(2)3)29(26,27)23-18(25)17-9-5-8-16(11-17)15-7-4-6-14(10-15)12-21;3-2(4,5)1(6)7/h4-11H,12,21H2,1-3H3,(H,23,25);(H,6,7). The minimum absolute atomic E-state index is 0.0290. The summed E-state index contributed by atoms with van der Waals surface area (Å²) in [5.41, 5.74) is 8.97. The maximum absolute atomic E-state index is 12.7. The van der Waals surface area contributed by atoms with E-state index < -0.39 is 28.1 Å². The van der Waals surface area contributed by atoms with Gasteiger partial charge in [0, 0.05) is 26.2 Å². The Morgan fingerprint density at radius 3 is 2.17 bits per heavy atom. The third-order valence-corrected chi connectivity index (χ3v) is 7.73. The van der Waals surface area contributed by atoms with E-state index in [0.717, 1.165) is 28.0 Å². The fourth-order valence-electron chi connectivity index (χ4n) is 2.75. The highest BCUT2D eigenvalue weighted by Gasteiger charge is 2.38. The van der Waals surface area contributed by atoms with Crippen molar-refractivity contribution in [3.05, 3.63) is 65.4 Å². The number of nitrogens with two attached hydrogens (primary N) is 1. The molecule has 0 unspecified atom stereocenters. The second kappa shape index (κ2) is 11.5. The van der Waals surface area contributed by atoms with Crippen LogP contribution in [0.3, 0.4) is 0 Å². The first-order chi connectivity index (χ1) is 16.7. The van der Waals surface area contributed by atoms with Gasteiger partial charge in [-0.3, -0.25) is 4.79 Å². The first kappa shape index (κ1) is 28.7. The third-order valence-electron chi connectivity index (χ3n) is 4.46. The van der Waals surface area contributed by atoms with Gasteiger partial charge >= 0.3 is 12.1 Å². The molecular weight excluding hydrogens is 521 g/mol. The molecule has 4 N–H and O–H groups in total. The number of nitrogens with zero attached hydrogens (tertiary/aromatic N) is 2. The van der Waals surface area contributed by atoms with Gasteiger partial charge in [0.15, 0.2) is 9.34 Å². The minimum atomic E-state index is -5.08. The maximum Gasteiger partial charge on any atom is 0.490 e. The molecule has 1 aromatic heterocycles. The molecule has 0 saturated heterocycles. The van der Waals surface area contributed by atoms with Gasteiger partial charge in [0.1, 0.15) is 0 Å². The fraction of sp³-hybridized carbons (Fsp3) is 0.227. The Hall–Kier alpha value is -3.49. The quantitative estimate of drug-likeness (QED) is 0.429. The van der Waals surface area contributed by atoms with E-state index in [9.17, 15) is 26.4 Å². The molecule has 194 valence electrons. The summed E-state index contributed by atoms with van der Waals surface area (Å²) in [5.74, 6) is -3.45. The van der Waals surface area contributed by atoms with Crippen LogP contribution in [0.1, 0.15) is 21.6 Å². The Morgan fingerprint density at radius 2 is 1.67 bits per heavy atom. The van der Waals surface area contributed by atoms with Crippen molar-refractivity contribution in [1.29, 1.82) is 0 Å². The number of alkyl halides is 3. The Bertz CT molecular complexity index is 1360. The molecule has 0 aliphatic rings. The van der Waals surface area contributed by atoms with Crippen molar-refractivity contribution >= 4 is 38.4 Å². The van der Waals surface area contributed by atoms with Crippen LogP contribution in [0.5, 0.6) is 0 Å². The van der Waals surface area contributed by atoms with E-state index in [1.165, 1.54) is 0 Å². The van der Waals surface area contributed by atoms with Gasteiger partial charge in [-0.1, -0.05) is 41.7 Å². The van der Waals surface area contributed by atoms with Crippen LogP contribution < -0.4 is 15.4 Å². The van der Waals surface area contributed by atoms with E-state index in [-0.39, 0.29) is 9.77 Å². The summed E-state index contributed by atoms with van der Waals surface area (Å²) in [6.45, 7) is 2.02. The number of hydrogen-bond donors (Lipinski definition) is 3. The molecule has 3 aromatic rings. The zero-order chi connectivity index (χ0) is 27.3. The number of benzene rings is 2. The Labute approximate surface area is 209 Å². The van der Waals surface area contributed by atoms with Crippen LogP contribution in [0.25, 0.3) is 11.1 Å². The molecule has 0 aliphatic carbocycles. The molecule has 0 spiro atoms. The first-order valence-electron chi connectivity index (χ1n) is 10.1. The number of hydrogen-bond acceptors (Lipinski definition) is 8. The summed E-state index contributed by atoms with van der Waals surface area (Å²) in [6, 6.07) is 14.5. The Kier molecular flexibility index (Phi) is 9.18. The zero-order valence-electron chi connectivity index (χ0n) is 19.3. The number of amides is 1. The second-order valence-electron chi connectivity index (χ2n) is 7.49. The van der Waals surface area contributed by atoms with Gasteiger partial charge in [-0.2, -0.15) is 13.2 Å². The molecule has 1 amide bonds. The van der Waals surface area contributed by atoms with E-state index in [4.69, 9.17) is 15.6 Å². The van der Waals surface area contributed by atoms with Crippen molar-refractivity contribution in [2.45, 2.75) is 23.9 Å². The van der Waals surface area contributed by atoms with Crippen molar-refractivity contribution in [3.63, 3.8) is 0 Å². The van der Waals surface area contributed by atoms with E-state index >= 15 is 0 Å². The van der Waals surface area contributed by atoms with Gasteiger partial charge in [-0.15, -0.1) is 0 Å². The number of carbonyl (C=O) groups is 2.